The number of benzene rings is 1. The number of phenols is 1. The summed E-state index contributed by atoms with van der Waals surface area (Å²) < 4.78 is 10.5. The number of aromatic nitrogens is 2. The third-order valence-electron chi connectivity index (χ3n) is 3.91. The van der Waals surface area contributed by atoms with Gasteiger partial charge in [-0.15, -0.1) is 5.10 Å². The third kappa shape index (κ3) is 2.25. The maximum atomic E-state index is 10.1. The number of nitrogens with two attached hydrogens (primary N) is 1. The molecule has 4 N–H and O–H groups in total. The molecule has 7 heteroatoms. The van der Waals surface area contributed by atoms with Crippen LogP contribution in [0.3, 0.4) is 0 Å². The second kappa shape index (κ2) is 5.57. The number of nitriles is 1. The molecule has 1 aliphatic heterocycles. The minimum atomic E-state index is -0.450. The van der Waals surface area contributed by atoms with Gasteiger partial charge >= 0.3 is 0 Å². The lowest BCUT2D eigenvalue weighted by Gasteiger charge is -2.24. The van der Waals surface area contributed by atoms with Crippen molar-refractivity contribution in [3.05, 3.63) is 46.5 Å². The maximum Gasteiger partial charge on any atom is 0.244 e. The van der Waals surface area contributed by atoms with E-state index in [1.165, 1.54) is 7.11 Å². The lowest BCUT2D eigenvalue weighted by atomic mass is 9.83. The summed E-state index contributed by atoms with van der Waals surface area (Å²) in [5, 5.41) is 26.6. The van der Waals surface area contributed by atoms with Crippen LogP contribution in [0.25, 0.3) is 0 Å². The van der Waals surface area contributed by atoms with Crippen molar-refractivity contribution in [3.8, 4) is 23.4 Å². The highest BCUT2D eigenvalue weighted by molar-refractivity contribution is 5.57. The Bertz CT molecular complexity index is 832. The summed E-state index contributed by atoms with van der Waals surface area (Å²) in [5.74, 6) is 0.289. The van der Waals surface area contributed by atoms with E-state index in [9.17, 15) is 10.4 Å². The van der Waals surface area contributed by atoms with Crippen molar-refractivity contribution < 1.29 is 14.6 Å². The average Bonchev–Trinajstić information content (AvgIpc) is 2.95. The van der Waals surface area contributed by atoms with Crippen LogP contribution in [-0.4, -0.2) is 22.4 Å². The van der Waals surface area contributed by atoms with Crippen LogP contribution in [-0.2, 0) is 6.42 Å². The second-order valence-electron chi connectivity index (χ2n) is 5.13. The van der Waals surface area contributed by atoms with Crippen LogP contribution in [0.5, 0.6) is 17.4 Å². The molecule has 0 radical (unpaired) electrons. The average molecular weight is 312 g/mol. The minimum Gasteiger partial charge on any atom is -0.504 e. The minimum absolute atomic E-state index is 0.00422. The Hall–Kier alpha value is -3.14. The Morgan fingerprint density at radius 2 is 2.30 bits per heavy atom. The normalized spacial score (nSPS) is 16.5. The zero-order valence-electron chi connectivity index (χ0n) is 12.8. The van der Waals surface area contributed by atoms with E-state index in [1.54, 1.807) is 18.2 Å². The Balaban J connectivity index is 2.21. The van der Waals surface area contributed by atoms with Crippen LogP contribution in [0.2, 0.25) is 0 Å². The number of ether oxygens (including phenoxy) is 2. The molecule has 0 saturated carbocycles. The molecule has 0 unspecified atom stereocenters. The van der Waals surface area contributed by atoms with Gasteiger partial charge < -0.3 is 20.3 Å². The fourth-order valence-corrected chi connectivity index (χ4v) is 2.80. The number of allylic oxidation sites excluding steroid dienone is 1. The zero-order valence-corrected chi connectivity index (χ0v) is 12.8. The number of hydrogen-bond donors (Lipinski definition) is 3. The summed E-state index contributed by atoms with van der Waals surface area (Å²) in [4.78, 5) is 0. The number of aromatic hydroxyl groups is 1. The lowest BCUT2D eigenvalue weighted by molar-refractivity contribution is 0.371. The molecular formula is C16H16N4O3. The number of hydrogen-bond acceptors (Lipinski definition) is 6. The maximum absolute atomic E-state index is 10.1. The highest BCUT2D eigenvalue weighted by Gasteiger charge is 2.35. The Labute approximate surface area is 132 Å². The van der Waals surface area contributed by atoms with E-state index in [1.807, 2.05) is 6.92 Å². The SMILES string of the molecule is CCc1[nH]nc2c1[C@@H](c1ccc(OC)c(O)c1)C(C#N)=C(N)O2. The molecule has 0 saturated heterocycles. The number of phenolic OH excluding ortho intramolecular Hbond substituents is 1. The fraction of sp³-hybridized carbons (Fsp3) is 0.250. The number of rotatable bonds is 3. The highest BCUT2D eigenvalue weighted by atomic mass is 16.5. The standard InChI is InChI=1S/C16H16N4O3/c1-3-10-14-13(8-4-5-12(22-2)11(21)6-8)9(7-17)15(18)23-16(14)20-19-10/h4-6,13,21H,3,18H2,1-2H3,(H,19,20)/t13-/m0/s1. The lowest BCUT2D eigenvalue weighted by Crippen LogP contribution is -2.21. The van der Waals surface area contributed by atoms with Gasteiger partial charge in [-0.3, -0.25) is 5.10 Å². The van der Waals surface area contributed by atoms with Gasteiger partial charge in [0.1, 0.15) is 11.6 Å². The number of aromatic amines is 1. The van der Waals surface area contributed by atoms with Gasteiger partial charge in [-0.1, -0.05) is 13.0 Å². The van der Waals surface area contributed by atoms with Crippen LogP contribution in [0, 0.1) is 11.3 Å². The summed E-state index contributed by atoms with van der Waals surface area (Å²) in [5.41, 5.74) is 8.50. The first-order valence-electron chi connectivity index (χ1n) is 7.12. The molecule has 7 nitrogen and oxygen atoms in total. The molecule has 1 aromatic heterocycles. The highest BCUT2D eigenvalue weighted by Crippen LogP contribution is 2.44. The zero-order chi connectivity index (χ0) is 16.6. The van der Waals surface area contributed by atoms with E-state index >= 15 is 0 Å². The Morgan fingerprint density at radius 3 is 2.91 bits per heavy atom. The van der Waals surface area contributed by atoms with Gasteiger partial charge in [0, 0.05) is 11.3 Å². The first-order valence-corrected chi connectivity index (χ1v) is 7.12. The molecule has 1 atom stereocenters. The van der Waals surface area contributed by atoms with Gasteiger partial charge in [0.2, 0.25) is 11.8 Å². The van der Waals surface area contributed by atoms with E-state index in [4.69, 9.17) is 15.2 Å². The van der Waals surface area contributed by atoms with Crippen LogP contribution in [0.1, 0.15) is 29.7 Å². The first-order chi connectivity index (χ1) is 11.1. The van der Waals surface area contributed by atoms with Crippen molar-refractivity contribution in [1.82, 2.24) is 10.2 Å². The van der Waals surface area contributed by atoms with Gasteiger partial charge in [0.15, 0.2) is 11.5 Å². The topological polar surface area (TPSA) is 117 Å². The molecule has 1 aliphatic rings. The number of aryl methyl sites for hydroxylation is 1. The number of methoxy groups -OCH3 is 1. The summed E-state index contributed by atoms with van der Waals surface area (Å²) in [7, 11) is 1.48. The van der Waals surface area contributed by atoms with Crippen LogP contribution in [0.4, 0.5) is 0 Å². The van der Waals surface area contributed by atoms with Crippen molar-refractivity contribution in [1.29, 1.82) is 5.26 Å². The van der Waals surface area contributed by atoms with Gasteiger partial charge in [-0.2, -0.15) is 5.26 Å². The number of nitrogens with zero attached hydrogens (tertiary/aromatic N) is 2. The van der Waals surface area contributed by atoms with Crippen molar-refractivity contribution in [3.63, 3.8) is 0 Å². The number of nitrogens with one attached hydrogen (secondary N) is 1. The fourth-order valence-electron chi connectivity index (χ4n) is 2.80. The van der Waals surface area contributed by atoms with Crippen molar-refractivity contribution >= 4 is 0 Å². The predicted molar refractivity (Wildman–Crippen MR) is 81.9 cm³/mol. The molecule has 2 heterocycles. The van der Waals surface area contributed by atoms with E-state index in [-0.39, 0.29) is 17.2 Å². The molecule has 1 aromatic carbocycles. The van der Waals surface area contributed by atoms with Crippen molar-refractivity contribution in [2.45, 2.75) is 19.3 Å². The van der Waals surface area contributed by atoms with Crippen LogP contribution < -0.4 is 15.2 Å². The Morgan fingerprint density at radius 1 is 1.52 bits per heavy atom. The molecule has 0 fully saturated rings. The van der Waals surface area contributed by atoms with Gasteiger partial charge in [-0.25, -0.2) is 0 Å². The van der Waals surface area contributed by atoms with Gasteiger partial charge in [0.25, 0.3) is 0 Å². The van der Waals surface area contributed by atoms with E-state index in [0.717, 1.165) is 11.3 Å². The van der Waals surface area contributed by atoms with E-state index in [2.05, 4.69) is 16.3 Å². The van der Waals surface area contributed by atoms with Gasteiger partial charge in [0.05, 0.1) is 13.0 Å². The summed E-state index contributed by atoms with van der Waals surface area (Å²) in [6.07, 6.45) is 0.697. The van der Waals surface area contributed by atoms with Crippen molar-refractivity contribution in [2.75, 3.05) is 7.11 Å². The first kappa shape index (κ1) is 14.8. The molecule has 0 bridgehead atoms. The smallest absolute Gasteiger partial charge is 0.244 e. The molecule has 0 amide bonds. The summed E-state index contributed by atoms with van der Waals surface area (Å²) >= 11 is 0. The van der Waals surface area contributed by atoms with Gasteiger partial charge in [-0.05, 0) is 24.1 Å². The predicted octanol–water partition coefficient (Wildman–Crippen LogP) is 1.90. The largest absolute Gasteiger partial charge is 0.504 e. The third-order valence-corrected chi connectivity index (χ3v) is 3.91. The monoisotopic (exact) mass is 312 g/mol. The Kier molecular flexibility index (Phi) is 3.58. The van der Waals surface area contributed by atoms with E-state index < -0.39 is 5.92 Å². The van der Waals surface area contributed by atoms with E-state index in [0.29, 0.717) is 23.6 Å². The van der Waals surface area contributed by atoms with Crippen LogP contribution in [0.15, 0.2) is 29.7 Å². The number of fused-ring (bicyclic) bond motifs is 1. The molecule has 0 aliphatic carbocycles. The second-order valence-corrected chi connectivity index (χ2v) is 5.13. The molecule has 23 heavy (non-hydrogen) atoms. The molecule has 2 aromatic rings. The summed E-state index contributed by atoms with van der Waals surface area (Å²) in [6.45, 7) is 1.98. The summed E-state index contributed by atoms with van der Waals surface area (Å²) in [6, 6.07) is 7.11. The quantitative estimate of drug-likeness (QED) is 0.797. The molecule has 0 spiro atoms. The van der Waals surface area contributed by atoms with Crippen molar-refractivity contribution in [2.24, 2.45) is 5.73 Å². The van der Waals surface area contributed by atoms with Crippen LogP contribution >= 0.6 is 0 Å². The molecular weight excluding hydrogens is 296 g/mol. The molecule has 118 valence electrons. The number of H-pyrrole nitrogens is 1. The molecule has 3 rings (SSSR count).